The van der Waals surface area contributed by atoms with E-state index < -0.39 is 0 Å². The molecular weight excluding hydrogens is 250 g/mol. The quantitative estimate of drug-likeness (QED) is 0.927. The minimum absolute atomic E-state index is 0.228. The first-order valence-electron chi connectivity index (χ1n) is 5.73. The van der Waals surface area contributed by atoms with Crippen LogP contribution in [0.25, 0.3) is 5.69 Å². The molecule has 0 fully saturated rings. The Kier molecular flexibility index (Phi) is 3.48. The fourth-order valence-corrected chi connectivity index (χ4v) is 2.07. The largest absolute Gasteiger partial charge is 0.497 e. The normalized spacial score (nSPS) is 10.9. The Bertz CT molecular complexity index is 563. The second kappa shape index (κ2) is 4.90. The number of anilines is 1. The zero-order valence-electron chi connectivity index (χ0n) is 10.6. The maximum Gasteiger partial charge on any atom is 0.146 e. The summed E-state index contributed by atoms with van der Waals surface area (Å²) >= 11 is 6.19. The van der Waals surface area contributed by atoms with Gasteiger partial charge in [0.1, 0.15) is 16.6 Å². The number of hydrogen-bond donors (Lipinski definition) is 1. The number of nitrogens with two attached hydrogens (primary N) is 1. The van der Waals surface area contributed by atoms with E-state index in [1.807, 2.05) is 38.1 Å². The smallest absolute Gasteiger partial charge is 0.146 e. The van der Waals surface area contributed by atoms with E-state index in [4.69, 9.17) is 22.1 Å². The van der Waals surface area contributed by atoms with Crippen LogP contribution in [0.5, 0.6) is 5.75 Å². The van der Waals surface area contributed by atoms with Crippen LogP contribution in [0.2, 0.25) is 5.02 Å². The van der Waals surface area contributed by atoms with Gasteiger partial charge in [-0.15, -0.1) is 0 Å². The molecule has 0 amide bonds. The Balaban J connectivity index is 2.53. The lowest BCUT2D eigenvalue weighted by atomic mass is 10.1. The van der Waals surface area contributed by atoms with Crippen LogP contribution in [-0.4, -0.2) is 16.9 Å². The van der Waals surface area contributed by atoms with Crippen LogP contribution in [-0.2, 0) is 0 Å². The number of halogens is 1. The second-order valence-corrected chi connectivity index (χ2v) is 4.73. The highest BCUT2D eigenvalue weighted by atomic mass is 35.5. The first-order valence-corrected chi connectivity index (χ1v) is 6.10. The summed E-state index contributed by atoms with van der Waals surface area (Å²) in [5.74, 6) is 1.44. The molecule has 0 radical (unpaired) electrons. The third kappa shape index (κ3) is 2.16. The van der Waals surface area contributed by atoms with Crippen molar-refractivity contribution in [1.82, 2.24) is 9.78 Å². The van der Waals surface area contributed by atoms with Gasteiger partial charge < -0.3 is 10.5 Å². The molecule has 0 saturated heterocycles. The Labute approximate surface area is 111 Å². The van der Waals surface area contributed by atoms with Gasteiger partial charge in [-0.2, -0.15) is 5.10 Å². The second-order valence-electron chi connectivity index (χ2n) is 4.35. The van der Waals surface area contributed by atoms with Crippen molar-refractivity contribution in [3.8, 4) is 11.4 Å². The lowest BCUT2D eigenvalue weighted by Crippen LogP contribution is -2.02. The Morgan fingerprint density at radius 1 is 1.39 bits per heavy atom. The van der Waals surface area contributed by atoms with E-state index in [2.05, 4.69) is 5.10 Å². The van der Waals surface area contributed by atoms with Crippen molar-refractivity contribution < 1.29 is 4.74 Å². The number of nitrogens with zero attached hydrogens (tertiary/aromatic N) is 2. The molecule has 0 unspecified atom stereocenters. The monoisotopic (exact) mass is 265 g/mol. The molecule has 1 aromatic heterocycles. The van der Waals surface area contributed by atoms with Gasteiger partial charge in [0.2, 0.25) is 0 Å². The van der Waals surface area contributed by atoms with Gasteiger partial charge in [-0.3, -0.25) is 0 Å². The van der Waals surface area contributed by atoms with Crippen molar-refractivity contribution >= 4 is 17.4 Å². The number of aromatic nitrogens is 2. The van der Waals surface area contributed by atoms with Crippen LogP contribution in [0, 0.1) is 0 Å². The maximum absolute atomic E-state index is 6.19. The van der Waals surface area contributed by atoms with Crippen molar-refractivity contribution in [2.45, 2.75) is 19.8 Å². The molecule has 18 heavy (non-hydrogen) atoms. The SMILES string of the molecule is COc1cccc(-n2nc(C(C)C)c(Cl)c2N)c1. The van der Waals surface area contributed by atoms with Gasteiger partial charge in [0.25, 0.3) is 0 Å². The lowest BCUT2D eigenvalue weighted by molar-refractivity contribution is 0.414. The summed E-state index contributed by atoms with van der Waals surface area (Å²) in [5.41, 5.74) is 7.63. The molecular formula is C13H16ClN3O. The molecule has 5 heteroatoms. The number of benzene rings is 1. The highest BCUT2D eigenvalue weighted by Crippen LogP contribution is 2.31. The standard InChI is InChI=1S/C13H16ClN3O/c1-8(2)12-11(14)13(15)17(16-12)9-5-4-6-10(7-9)18-3/h4-8H,15H2,1-3H3. The summed E-state index contributed by atoms with van der Waals surface area (Å²) in [7, 11) is 1.62. The zero-order valence-corrected chi connectivity index (χ0v) is 11.4. The van der Waals surface area contributed by atoms with Gasteiger partial charge in [0, 0.05) is 6.07 Å². The topological polar surface area (TPSA) is 53.1 Å². The predicted molar refractivity (Wildman–Crippen MR) is 73.6 cm³/mol. The summed E-state index contributed by atoms with van der Waals surface area (Å²) in [6.07, 6.45) is 0. The van der Waals surface area contributed by atoms with Crippen LogP contribution in [0.15, 0.2) is 24.3 Å². The minimum atomic E-state index is 0.228. The van der Waals surface area contributed by atoms with Crippen molar-refractivity contribution in [2.24, 2.45) is 0 Å². The van der Waals surface area contributed by atoms with E-state index in [-0.39, 0.29) is 5.92 Å². The zero-order chi connectivity index (χ0) is 13.3. The molecule has 2 aromatic rings. The van der Waals surface area contributed by atoms with Crippen LogP contribution >= 0.6 is 11.6 Å². The first-order chi connectivity index (χ1) is 8.54. The van der Waals surface area contributed by atoms with Crippen molar-refractivity contribution in [3.05, 3.63) is 35.0 Å². The van der Waals surface area contributed by atoms with Gasteiger partial charge in [-0.25, -0.2) is 4.68 Å². The van der Waals surface area contributed by atoms with Crippen molar-refractivity contribution in [2.75, 3.05) is 12.8 Å². The van der Waals surface area contributed by atoms with Gasteiger partial charge in [-0.05, 0) is 18.1 Å². The van der Waals surface area contributed by atoms with Gasteiger partial charge in [0.05, 0.1) is 18.5 Å². The van der Waals surface area contributed by atoms with E-state index in [0.717, 1.165) is 17.1 Å². The summed E-state index contributed by atoms with van der Waals surface area (Å²) in [6.45, 7) is 4.06. The molecule has 0 saturated carbocycles. The third-order valence-electron chi connectivity index (χ3n) is 2.73. The molecule has 0 spiro atoms. The Morgan fingerprint density at radius 3 is 2.67 bits per heavy atom. The van der Waals surface area contributed by atoms with E-state index >= 15 is 0 Å². The molecule has 0 aliphatic carbocycles. The van der Waals surface area contributed by atoms with Gasteiger partial charge in [0.15, 0.2) is 0 Å². The molecule has 0 aliphatic heterocycles. The fourth-order valence-electron chi connectivity index (χ4n) is 1.74. The molecule has 4 nitrogen and oxygen atoms in total. The molecule has 1 heterocycles. The van der Waals surface area contributed by atoms with Gasteiger partial charge in [-0.1, -0.05) is 31.5 Å². The Morgan fingerprint density at radius 2 is 2.11 bits per heavy atom. The van der Waals surface area contributed by atoms with E-state index in [1.54, 1.807) is 11.8 Å². The lowest BCUT2D eigenvalue weighted by Gasteiger charge is -2.06. The van der Waals surface area contributed by atoms with E-state index in [0.29, 0.717) is 10.8 Å². The van der Waals surface area contributed by atoms with Crippen LogP contribution < -0.4 is 10.5 Å². The highest BCUT2D eigenvalue weighted by molar-refractivity contribution is 6.33. The molecule has 96 valence electrons. The molecule has 2 N–H and O–H groups in total. The summed E-state index contributed by atoms with van der Waals surface area (Å²) < 4.78 is 6.82. The molecule has 0 atom stereocenters. The number of nitrogen functional groups attached to an aromatic ring is 1. The summed E-state index contributed by atoms with van der Waals surface area (Å²) in [5, 5.41) is 4.98. The van der Waals surface area contributed by atoms with E-state index in [9.17, 15) is 0 Å². The van der Waals surface area contributed by atoms with Crippen molar-refractivity contribution in [3.63, 3.8) is 0 Å². The average molecular weight is 266 g/mol. The van der Waals surface area contributed by atoms with Crippen LogP contribution in [0.3, 0.4) is 0 Å². The fraction of sp³-hybridized carbons (Fsp3) is 0.308. The molecule has 0 aliphatic rings. The first kappa shape index (κ1) is 12.8. The average Bonchev–Trinajstić information content (AvgIpc) is 2.67. The molecule has 0 bridgehead atoms. The van der Waals surface area contributed by atoms with Crippen molar-refractivity contribution in [1.29, 1.82) is 0 Å². The summed E-state index contributed by atoms with van der Waals surface area (Å²) in [4.78, 5) is 0. The minimum Gasteiger partial charge on any atom is -0.497 e. The highest BCUT2D eigenvalue weighted by Gasteiger charge is 2.17. The van der Waals surface area contributed by atoms with E-state index in [1.165, 1.54) is 0 Å². The third-order valence-corrected chi connectivity index (χ3v) is 3.12. The maximum atomic E-state index is 6.19. The van der Waals surface area contributed by atoms with Gasteiger partial charge >= 0.3 is 0 Å². The number of ether oxygens (including phenoxy) is 1. The number of hydrogen-bond acceptors (Lipinski definition) is 3. The molecule has 1 aromatic carbocycles. The molecule has 2 rings (SSSR count). The van der Waals surface area contributed by atoms with Crippen LogP contribution in [0.4, 0.5) is 5.82 Å². The number of methoxy groups -OCH3 is 1. The van der Waals surface area contributed by atoms with Crippen LogP contribution in [0.1, 0.15) is 25.5 Å². The number of rotatable bonds is 3. The Hall–Kier alpha value is -1.68. The summed E-state index contributed by atoms with van der Waals surface area (Å²) in [6, 6.07) is 7.53. The predicted octanol–water partition coefficient (Wildman–Crippen LogP) is 3.24.